The van der Waals surface area contributed by atoms with E-state index in [4.69, 9.17) is 0 Å². The molecule has 0 spiro atoms. The van der Waals surface area contributed by atoms with Gasteiger partial charge in [-0.1, -0.05) is 30.3 Å². The number of thioether (sulfide) groups is 1. The van der Waals surface area contributed by atoms with E-state index in [0.717, 1.165) is 23.3 Å². The summed E-state index contributed by atoms with van der Waals surface area (Å²) in [5.41, 5.74) is 2.14. The van der Waals surface area contributed by atoms with E-state index >= 15 is 0 Å². The van der Waals surface area contributed by atoms with Crippen LogP contribution in [0.5, 0.6) is 0 Å². The molecule has 0 unspecified atom stereocenters. The van der Waals surface area contributed by atoms with Gasteiger partial charge in [0.1, 0.15) is 0 Å². The van der Waals surface area contributed by atoms with Gasteiger partial charge in [-0.2, -0.15) is 0 Å². The Morgan fingerprint density at radius 2 is 1.52 bits per heavy atom. The van der Waals surface area contributed by atoms with Crippen LogP contribution in [0.2, 0.25) is 0 Å². The second-order valence-electron chi connectivity index (χ2n) is 4.83. The molecule has 108 valence electrons. The normalized spacial score (nSPS) is 11.1. The van der Waals surface area contributed by atoms with Gasteiger partial charge in [-0.05, 0) is 31.2 Å². The molecular weight excluding hydrogens is 280 g/mol. The van der Waals surface area contributed by atoms with E-state index in [9.17, 15) is 4.79 Å². The van der Waals surface area contributed by atoms with Gasteiger partial charge >= 0.3 is 5.69 Å². The zero-order valence-electron chi connectivity index (χ0n) is 12.0. The Labute approximate surface area is 128 Å². The molecule has 0 aliphatic carbocycles. The smallest absolute Gasteiger partial charge is 0.292 e. The fraction of sp³-hybridized carbons (Fsp3) is 0.235. The fourth-order valence-corrected chi connectivity index (χ4v) is 3.42. The Morgan fingerprint density at radius 1 is 0.905 bits per heavy atom. The minimum atomic E-state index is 0.0901. The maximum Gasteiger partial charge on any atom is 0.329 e. The number of nitrogens with zero attached hydrogens (tertiary/aromatic N) is 2. The van der Waals surface area contributed by atoms with Crippen molar-refractivity contribution in [2.45, 2.75) is 24.9 Å². The van der Waals surface area contributed by atoms with Crippen molar-refractivity contribution < 1.29 is 0 Å². The summed E-state index contributed by atoms with van der Waals surface area (Å²) in [6, 6.07) is 18.3. The zero-order valence-corrected chi connectivity index (χ0v) is 12.8. The van der Waals surface area contributed by atoms with E-state index in [1.807, 2.05) is 58.5 Å². The highest BCUT2D eigenvalue weighted by Gasteiger charge is 2.10. The number of imidazole rings is 1. The number of para-hydroxylation sites is 2. The van der Waals surface area contributed by atoms with Crippen LogP contribution in [0.15, 0.2) is 64.3 Å². The molecule has 0 saturated heterocycles. The van der Waals surface area contributed by atoms with Crippen molar-refractivity contribution >= 4 is 22.8 Å². The van der Waals surface area contributed by atoms with E-state index in [1.54, 1.807) is 11.8 Å². The molecule has 1 heterocycles. The van der Waals surface area contributed by atoms with E-state index in [2.05, 4.69) is 12.1 Å². The number of hydrogen-bond donors (Lipinski definition) is 0. The van der Waals surface area contributed by atoms with Gasteiger partial charge in [0.15, 0.2) is 0 Å². The lowest BCUT2D eigenvalue weighted by molar-refractivity contribution is 0.674. The summed E-state index contributed by atoms with van der Waals surface area (Å²) in [6.07, 6.45) is 0. The average molecular weight is 298 g/mol. The Balaban J connectivity index is 1.84. The third kappa shape index (κ3) is 2.76. The van der Waals surface area contributed by atoms with E-state index in [1.165, 1.54) is 4.90 Å². The molecule has 0 amide bonds. The molecule has 3 nitrogen and oxygen atoms in total. The fourth-order valence-electron chi connectivity index (χ4n) is 2.57. The van der Waals surface area contributed by atoms with Crippen LogP contribution >= 0.6 is 11.8 Å². The van der Waals surface area contributed by atoms with Gasteiger partial charge in [-0.15, -0.1) is 11.8 Å². The summed E-state index contributed by atoms with van der Waals surface area (Å²) in [7, 11) is 0. The second kappa shape index (κ2) is 6.22. The van der Waals surface area contributed by atoms with Gasteiger partial charge in [0, 0.05) is 23.7 Å². The third-order valence-electron chi connectivity index (χ3n) is 3.57. The number of benzene rings is 2. The maximum absolute atomic E-state index is 12.5. The largest absolute Gasteiger partial charge is 0.329 e. The van der Waals surface area contributed by atoms with Crippen molar-refractivity contribution in [3.63, 3.8) is 0 Å². The quantitative estimate of drug-likeness (QED) is 0.673. The number of hydrogen-bond acceptors (Lipinski definition) is 2. The molecule has 1 aromatic heterocycles. The summed E-state index contributed by atoms with van der Waals surface area (Å²) in [5, 5.41) is 0. The van der Waals surface area contributed by atoms with Crippen LogP contribution in [0, 0.1) is 0 Å². The second-order valence-corrected chi connectivity index (χ2v) is 6.00. The van der Waals surface area contributed by atoms with Gasteiger partial charge in [0.05, 0.1) is 11.0 Å². The summed E-state index contributed by atoms with van der Waals surface area (Å²) in [6.45, 7) is 3.45. The number of aromatic nitrogens is 2. The van der Waals surface area contributed by atoms with Crippen LogP contribution in [0.25, 0.3) is 11.0 Å². The van der Waals surface area contributed by atoms with Crippen molar-refractivity contribution in [3.05, 3.63) is 65.1 Å². The van der Waals surface area contributed by atoms with Crippen LogP contribution < -0.4 is 5.69 Å². The predicted molar refractivity (Wildman–Crippen MR) is 89.0 cm³/mol. The molecule has 0 aliphatic heterocycles. The first-order valence-electron chi connectivity index (χ1n) is 7.17. The number of rotatable bonds is 5. The monoisotopic (exact) mass is 298 g/mol. The highest BCUT2D eigenvalue weighted by atomic mass is 32.2. The van der Waals surface area contributed by atoms with Crippen LogP contribution in [0.1, 0.15) is 6.92 Å². The Kier molecular flexibility index (Phi) is 4.15. The number of fused-ring (bicyclic) bond motifs is 1. The van der Waals surface area contributed by atoms with Crippen LogP contribution in [0.3, 0.4) is 0 Å². The van der Waals surface area contributed by atoms with Crippen LogP contribution in [-0.2, 0) is 13.1 Å². The number of aryl methyl sites for hydroxylation is 2. The lowest BCUT2D eigenvalue weighted by Crippen LogP contribution is -2.24. The predicted octanol–water partition coefficient (Wildman–Crippen LogP) is 3.62. The standard InChI is InChI=1S/C17H18N2OS/c1-2-18-15-10-6-7-11-16(15)19(17(18)20)12-13-21-14-8-4-3-5-9-14/h3-11H,2,12-13H2,1H3. The first kappa shape index (κ1) is 14.0. The highest BCUT2D eigenvalue weighted by molar-refractivity contribution is 7.99. The van der Waals surface area contributed by atoms with Gasteiger partial charge in [-0.3, -0.25) is 9.13 Å². The van der Waals surface area contributed by atoms with Gasteiger partial charge in [0.2, 0.25) is 0 Å². The molecule has 0 atom stereocenters. The summed E-state index contributed by atoms with van der Waals surface area (Å²) in [4.78, 5) is 13.7. The molecule has 3 aromatic rings. The van der Waals surface area contributed by atoms with Gasteiger partial charge in [0.25, 0.3) is 0 Å². The van der Waals surface area contributed by atoms with Crippen molar-refractivity contribution in [2.24, 2.45) is 0 Å². The molecule has 0 saturated carbocycles. The molecule has 0 bridgehead atoms. The van der Waals surface area contributed by atoms with Crippen molar-refractivity contribution in [2.75, 3.05) is 5.75 Å². The molecule has 0 radical (unpaired) electrons. The summed E-state index contributed by atoms with van der Waals surface area (Å²) < 4.78 is 3.72. The Bertz CT molecular complexity index is 789. The van der Waals surface area contributed by atoms with Crippen molar-refractivity contribution in [1.82, 2.24) is 9.13 Å². The molecule has 0 N–H and O–H groups in total. The molecule has 21 heavy (non-hydrogen) atoms. The minimum absolute atomic E-state index is 0.0901. The van der Waals surface area contributed by atoms with E-state index in [-0.39, 0.29) is 5.69 Å². The third-order valence-corrected chi connectivity index (χ3v) is 4.56. The first-order chi connectivity index (χ1) is 10.3. The van der Waals surface area contributed by atoms with Crippen LogP contribution in [-0.4, -0.2) is 14.9 Å². The van der Waals surface area contributed by atoms with Crippen molar-refractivity contribution in [1.29, 1.82) is 0 Å². The van der Waals surface area contributed by atoms with Gasteiger partial charge < -0.3 is 0 Å². The average Bonchev–Trinajstić information content (AvgIpc) is 2.80. The lowest BCUT2D eigenvalue weighted by atomic mass is 10.3. The van der Waals surface area contributed by atoms with Crippen LogP contribution in [0.4, 0.5) is 0 Å². The zero-order chi connectivity index (χ0) is 14.7. The SMILES string of the molecule is CCn1c(=O)n(CCSc2ccccc2)c2ccccc21. The van der Waals surface area contributed by atoms with E-state index < -0.39 is 0 Å². The summed E-state index contributed by atoms with van der Waals surface area (Å²) >= 11 is 1.78. The Hall–Kier alpha value is -1.94. The van der Waals surface area contributed by atoms with E-state index in [0.29, 0.717) is 6.54 Å². The maximum atomic E-state index is 12.5. The molecule has 0 aliphatic rings. The molecular formula is C17H18N2OS. The topological polar surface area (TPSA) is 26.9 Å². The minimum Gasteiger partial charge on any atom is -0.292 e. The molecule has 2 aromatic carbocycles. The molecule has 0 fully saturated rings. The first-order valence-corrected chi connectivity index (χ1v) is 8.15. The summed E-state index contributed by atoms with van der Waals surface area (Å²) in [5.74, 6) is 0.891. The molecule has 4 heteroatoms. The van der Waals surface area contributed by atoms with Crippen molar-refractivity contribution in [3.8, 4) is 0 Å². The highest BCUT2D eigenvalue weighted by Crippen LogP contribution is 2.18. The van der Waals surface area contributed by atoms with Gasteiger partial charge in [-0.25, -0.2) is 4.79 Å². The lowest BCUT2D eigenvalue weighted by Gasteiger charge is -2.03. The Morgan fingerprint density at radius 3 is 2.19 bits per heavy atom. The molecule has 3 rings (SSSR count).